The van der Waals surface area contributed by atoms with Crippen LogP contribution in [-0.4, -0.2) is 37.3 Å². The molecule has 0 aliphatic rings. The number of nitrogens with one attached hydrogen (secondary N) is 2. The highest BCUT2D eigenvalue weighted by atomic mass is 16.5. The van der Waals surface area contributed by atoms with E-state index in [1.165, 1.54) is 15.9 Å². The van der Waals surface area contributed by atoms with E-state index < -0.39 is 5.91 Å². The molecule has 0 saturated heterocycles. The van der Waals surface area contributed by atoms with Gasteiger partial charge in [0.25, 0.3) is 5.91 Å². The van der Waals surface area contributed by atoms with Crippen LogP contribution in [0.3, 0.4) is 0 Å². The molecular weight excluding hydrogens is 240 g/mol. The number of nitrogens with zero attached hydrogens (tertiary/aromatic N) is 2. The maximum atomic E-state index is 10.9. The van der Waals surface area contributed by atoms with Gasteiger partial charge in [-0.05, 0) is 12.1 Å². The number of aliphatic hydroxyl groups is 1. The Bertz CT molecular complexity index is 581. The third kappa shape index (κ3) is 2.06. The SMILES string of the molecule is O=C(CNc1c(CO)nc2c(O)cccn12)NO. The molecule has 2 aromatic rings. The lowest BCUT2D eigenvalue weighted by atomic mass is 10.4. The van der Waals surface area contributed by atoms with Gasteiger partial charge in [0.05, 0.1) is 13.2 Å². The number of aromatic hydroxyl groups is 1. The first-order valence-corrected chi connectivity index (χ1v) is 5.14. The first kappa shape index (κ1) is 12.1. The molecule has 0 bridgehead atoms. The zero-order valence-corrected chi connectivity index (χ0v) is 9.29. The summed E-state index contributed by atoms with van der Waals surface area (Å²) in [6, 6.07) is 3.07. The molecule has 96 valence electrons. The predicted octanol–water partition coefficient (Wildman–Crippen LogP) is -0.551. The molecule has 18 heavy (non-hydrogen) atoms. The van der Waals surface area contributed by atoms with Gasteiger partial charge in [0, 0.05) is 6.20 Å². The van der Waals surface area contributed by atoms with E-state index in [0.717, 1.165) is 0 Å². The predicted molar refractivity (Wildman–Crippen MR) is 61.2 cm³/mol. The normalized spacial score (nSPS) is 10.6. The number of hydrogen-bond donors (Lipinski definition) is 5. The summed E-state index contributed by atoms with van der Waals surface area (Å²) in [6.45, 7) is -0.531. The summed E-state index contributed by atoms with van der Waals surface area (Å²) in [6.07, 6.45) is 1.63. The molecular formula is C10H12N4O4. The second-order valence-corrected chi connectivity index (χ2v) is 3.54. The number of imidazole rings is 1. The fourth-order valence-corrected chi connectivity index (χ4v) is 1.60. The topological polar surface area (TPSA) is 119 Å². The Morgan fingerprint density at radius 3 is 2.94 bits per heavy atom. The second-order valence-electron chi connectivity index (χ2n) is 3.54. The molecule has 2 aromatic heterocycles. The Balaban J connectivity index is 2.41. The van der Waals surface area contributed by atoms with Gasteiger partial charge in [-0.1, -0.05) is 0 Å². The molecule has 8 nitrogen and oxygen atoms in total. The number of fused-ring (bicyclic) bond motifs is 1. The number of carbonyl (C=O) groups is 1. The van der Waals surface area contributed by atoms with E-state index in [9.17, 15) is 15.0 Å². The Labute approximate surface area is 101 Å². The maximum Gasteiger partial charge on any atom is 0.262 e. The summed E-state index contributed by atoms with van der Waals surface area (Å²) in [5, 5.41) is 29.9. The Hall–Kier alpha value is -2.32. The van der Waals surface area contributed by atoms with E-state index in [-0.39, 0.29) is 24.5 Å². The number of hydroxylamine groups is 1. The van der Waals surface area contributed by atoms with Crippen molar-refractivity contribution in [2.45, 2.75) is 6.61 Å². The fourth-order valence-electron chi connectivity index (χ4n) is 1.60. The molecule has 8 heteroatoms. The molecule has 0 aliphatic carbocycles. The molecule has 2 rings (SSSR count). The van der Waals surface area contributed by atoms with Gasteiger partial charge in [-0.3, -0.25) is 14.4 Å². The summed E-state index contributed by atoms with van der Waals surface area (Å²) in [4.78, 5) is 15.0. The van der Waals surface area contributed by atoms with Crippen molar-refractivity contribution >= 4 is 17.4 Å². The summed E-state index contributed by atoms with van der Waals surface area (Å²) >= 11 is 0. The van der Waals surface area contributed by atoms with E-state index >= 15 is 0 Å². The van der Waals surface area contributed by atoms with E-state index in [2.05, 4.69) is 10.3 Å². The van der Waals surface area contributed by atoms with Crippen LogP contribution in [0.5, 0.6) is 5.75 Å². The van der Waals surface area contributed by atoms with Crippen LogP contribution >= 0.6 is 0 Å². The van der Waals surface area contributed by atoms with Crippen molar-refractivity contribution in [1.29, 1.82) is 0 Å². The number of aromatic nitrogens is 2. The third-order valence-corrected chi connectivity index (χ3v) is 2.39. The molecule has 0 radical (unpaired) electrons. The van der Waals surface area contributed by atoms with Gasteiger partial charge in [0.2, 0.25) is 0 Å². The molecule has 0 aliphatic heterocycles. The van der Waals surface area contributed by atoms with Gasteiger partial charge in [0.15, 0.2) is 11.4 Å². The number of aliphatic hydroxyl groups excluding tert-OH is 1. The number of rotatable bonds is 4. The molecule has 0 aromatic carbocycles. The number of pyridine rings is 1. The first-order valence-electron chi connectivity index (χ1n) is 5.14. The van der Waals surface area contributed by atoms with Gasteiger partial charge < -0.3 is 15.5 Å². The lowest BCUT2D eigenvalue weighted by molar-refractivity contribution is -0.127. The summed E-state index contributed by atoms with van der Waals surface area (Å²) in [7, 11) is 0. The Kier molecular flexibility index (Phi) is 3.31. The van der Waals surface area contributed by atoms with E-state index in [1.807, 2.05) is 0 Å². The number of anilines is 1. The minimum atomic E-state index is -0.631. The third-order valence-electron chi connectivity index (χ3n) is 2.39. The van der Waals surface area contributed by atoms with Crippen molar-refractivity contribution in [2.24, 2.45) is 0 Å². The quantitative estimate of drug-likeness (QED) is 0.368. The standard InChI is InChI=1S/C10H12N4O4/c15-5-6-9(11-4-8(17)13-18)14-3-1-2-7(16)10(14)12-6/h1-3,11,15-16,18H,4-5H2,(H,13,17). The summed E-state index contributed by atoms with van der Waals surface area (Å²) in [5.74, 6) is -0.284. The Morgan fingerprint density at radius 2 is 2.28 bits per heavy atom. The Morgan fingerprint density at radius 1 is 1.50 bits per heavy atom. The minimum absolute atomic E-state index is 0.0353. The fraction of sp³-hybridized carbons (Fsp3) is 0.200. The van der Waals surface area contributed by atoms with Crippen LogP contribution in [0.2, 0.25) is 0 Å². The second kappa shape index (κ2) is 4.90. The van der Waals surface area contributed by atoms with Crippen molar-refractivity contribution in [3.63, 3.8) is 0 Å². The van der Waals surface area contributed by atoms with Crippen molar-refractivity contribution in [3.05, 3.63) is 24.0 Å². The average Bonchev–Trinajstić information content (AvgIpc) is 2.75. The van der Waals surface area contributed by atoms with Crippen molar-refractivity contribution in [1.82, 2.24) is 14.9 Å². The largest absolute Gasteiger partial charge is 0.504 e. The van der Waals surface area contributed by atoms with Gasteiger partial charge in [-0.15, -0.1) is 0 Å². The van der Waals surface area contributed by atoms with Crippen LogP contribution in [0.25, 0.3) is 5.65 Å². The number of hydrogen-bond acceptors (Lipinski definition) is 6. The average molecular weight is 252 g/mol. The van der Waals surface area contributed by atoms with Crippen molar-refractivity contribution < 1.29 is 20.2 Å². The first-order chi connectivity index (χ1) is 8.67. The highest BCUT2D eigenvalue weighted by Crippen LogP contribution is 2.24. The molecule has 0 unspecified atom stereocenters. The minimum Gasteiger partial charge on any atom is -0.504 e. The van der Waals surface area contributed by atoms with Crippen molar-refractivity contribution in [2.75, 3.05) is 11.9 Å². The van der Waals surface area contributed by atoms with E-state index in [4.69, 9.17) is 5.21 Å². The lowest BCUT2D eigenvalue weighted by Gasteiger charge is -2.06. The number of carbonyl (C=O) groups excluding carboxylic acids is 1. The molecule has 0 fully saturated rings. The van der Waals surface area contributed by atoms with Crippen LogP contribution in [0.15, 0.2) is 18.3 Å². The van der Waals surface area contributed by atoms with Crippen molar-refractivity contribution in [3.8, 4) is 5.75 Å². The van der Waals surface area contributed by atoms with Crippen LogP contribution in [0, 0.1) is 0 Å². The molecule has 0 spiro atoms. The summed E-state index contributed by atoms with van der Waals surface area (Å²) in [5.41, 5.74) is 2.05. The summed E-state index contributed by atoms with van der Waals surface area (Å²) < 4.78 is 1.51. The van der Waals surface area contributed by atoms with Gasteiger partial charge in [-0.2, -0.15) is 0 Å². The van der Waals surface area contributed by atoms with Gasteiger partial charge in [0.1, 0.15) is 11.5 Å². The monoisotopic (exact) mass is 252 g/mol. The maximum absolute atomic E-state index is 10.9. The zero-order chi connectivity index (χ0) is 13.1. The smallest absolute Gasteiger partial charge is 0.262 e. The lowest BCUT2D eigenvalue weighted by Crippen LogP contribution is -2.27. The molecule has 5 N–H and O–H groups in total. The van der Waals surface area contributed by atoms with E-state index in [1.54, 1.807) is 12.3 Å². The van der Waals surface area contributed by atoms with Crippen LogP contribution in [0.1, 0.15) is 5.69 Å². The highest BCUT2D eigenvalue weighted by Gasteiger charge is 2.14. The molecule has 2 heterocycles. The molecule has 0 atom stereocenters. The van der Waals surface area contributed by atoms with Crippen LogP contribution in [-0.2, 0) is 11.4 Å². The van der Waals surface area contributed by atoms with E-state index in [0.29, 0.717) is 11.5 Å². The number of amides is 1. The van der Waals surface area contributed by atoms with Crippen LogP contribution < -0.4 is 10.8 Å². The van der Waals surface area contributed by atoms with Gasteiger partial charge in [-0.25, -0.2) is 10.5 Å². The molecule has 1 amide bonds. The zero-order valence-electron chi connectivity index (χ0n) is 9.29. The molecule has 0 saturated carbocycles. The van der Waals surface area contributed by atoms with Gasteiger partial charge >= 0.3 is 0 Å². The van der Waals surface area contributed by atoms with Crippen LogP contribution in [0.4, 0.5) is 5.82 Å². The highest BCUT2D eigenvalue weighted by molar-refractivity contribution is 5.79.